The lowest BCUT2D eigenvalue weighted by Crippen LogP contribution is -2.42. The predicted octanol–water partition coefficient (Wildman–Crippen LogP) is 3.88. The Bertz CT molecular complexity index is 390. The average Bonchev–Trinajstić information content (AvgIpc) is 2.48. The third-order valence-corrected chi connectivity index (χ3v) is 4.95. The fraction of sp³-hybridized carbons (Fsp3) is 0.647. The Morgan fingerprint density at radius 2 is 2.35 bits per heavy atom. The largest absolute Gasteiger partial charge is 0.381 e. The van der Waals surface area contributed by atoms with Gasteiger partial charge in [-0.05, 0) is 50.8 Å². The molecule has 0 aromatic heterocycles. The number of hydrogen-bond donors (Lipinski definition) is 1. The third-order valence-electron chi connectivity index (χ3n) is 3.84. The first-order valence-electron chi connectivity index (χ1n) is 7.80. The molecule has 0 bridgehead atoms. The van der Waals surface area contributed by atoms with Crippen LogP contribution < -0.4 is 5.32 Å². The van der Waals surface area contributed by atoms with Crippen molar-refractivity contribution in [2.45, 2.75) is 44.0 Å². The normalized spacial score (nSPS) is 20.8. The van der Waals surface area contributed by atoms with Gasteiger partial charge >= 0.3 is 0 Å². The van der Waals surface area contributed by atoms with E-state index in [1.54, 1.807) is 0 Å². The zero-order valence-electron chi connectivity index (χ0n) is 12.7. The first-order chi connectivity index (χ1) is 9.79. The SMILES string of the molecule is CCCNC(CSc1cccc(C)c1)C1CCCOC1. The maximum absolute atomic E-state index is 5.66. The molecule has 0 aliphatic carbocycles. The zero-order valence-corrected chi connectivity index (χ0v) is 13.5. The summed E-state index contributed by atoms with van der Waals surface area (Å²) < 4.78 is 5.66. The number of thioether (sulfide) groups is 1. The Kier molecular flexibility index (Phi) is 6.91. The Hall–Kier alpha value is -0.510. The van der Waals surface area contributed by atoms with Crippen LogP contribution >= 0.6 is 11.8 Å². The van der Waals surface area contributed by atoms with Crippen LogP contribution in [0.5, 0.6) is 0 Å². The second kappa shape index (κ2) is 8.71. The topological polar surface area (TPSA) is 21.3 Å². The second-order valence-electron chi connectivity index (χ2n) is 5.67. The van der Waals surface area contributed by atoms with Crippen molar-refractivity contribution in [1.82, 2.24) is 5.32 Å². The van der Waals surface area contributed by atoms with Crippen molar-refractivity contribution in [3.05, 3.63) is 29.8 Å². The van der Waals surface area contributed by atoms with E-state index < -0.39 is 0 Å². The molecule has 1 N–H and O–H groups in total. The van der Waals surface area contributed by atoms with Crippen molar-refractivity contribution in [3.8, 4) is 0 Å². The number of rotatable bonds is 7. The quantitative estimate of drug-likeness (QED) is 0.771. The summed E-state index contributed by atoms with van der Waals surface area (Å²) in [5.74, 6) is 1.81. The molecule has 20 heavy (non-hydrogen) atoms. The van der Waals surface area contributed by atoms with Gasteiger partial charge in [-0.2, -0.15) is 0 Å². The van der Waals surface area contributed by atoms with Gasteiger partial charge in [0.25, 0.3) is 0 Å². The van der Waals surface area contributed by atoms with Crippen LogP contribution in [0.2, 0.25) is 0 Å². The van der Waals surface area contributed by atoms with E-state index >= 15 is 0 Å². The van der Waals surface area contributed by atoms with Gasteiger partial charge in [-0.25, -0.2) is 0 Å². The molecule has 0 spiro atoms. The lowest BCUT2D eigenvalue weighted by atomic mass is 9.95. The van der Waals surface area contributed by atoms with E-state index in [1.807, 2.05) is 11.8 Å². The van der Waals surface area contributed by atoms with Crippen molar-refractivity contribution in [3.63, 3.8) is 0 Å². The molecule has 0 radical (unpaired) electrons. The number of nitrogens with one attached hydrogen (secondary N) is 1. The van der Waals surface area contributed by atoms with E-state index in [-0.39, 0.29) is 0 Å². The Morgan fingerprint density at radius 3 is 3.05 bits per heavy atom. The lowest BCUT2D eigenvalue weighted by molar-refractivity contribution is 0.0427. The average molecular weight is 293 g/mol. The summed E-state index contributed by atoms with van der Waals surface area (Å²) in [4.78, 5) is 1.38. The van der Waals surface area contributed by atoms with Crippen molar-refractivity contribution in [2.75, 3.05) is 25.5 Å². The van der Waals surface area contributed by atoms with Crippen molar-refractivity contribution >= 4 is 11.8 Å². The van der Waals surface area contributed by atoms with E-state index in [1.165, 1.54) is 29.7 Å². The van der Waals surface area contributed by atoms with E-state index in [0.29, 0.717) is 12.0 Å². The summed E-state index contributed by atoms with van der Waals surface area (Å²) in [6.45, 7) is 7.37. The first-order valence-corrected chi connectivity index (χ1v) is 8.78. The van der Waals surface area contributed by atoms with E-state index in [0.717, 1.165) is 25.5 Å². The van der Waals surface area contributed by atoms with Gasteiger partial charge < -0.3 is 10.1 Å². The number of hydrogen-bond acceptors (Lipinski definition) is 3. The molecule has 3 heteroatoms. The van der Waals surface area contributed by atoms with Gasteiger partial charge in [0.1, 0.15) is 0 Å². The fourth-order valence-corrected chi connectivity index (χ4v) is 3.87. The fourth-order valence-electron chi connectivity index (χ4n) is 2.67. The molecule has 1 aromatic rings. The molecule has 2 atom stereocenters. The summed E-state index contributed by atoms with van der Waals surface area (Å²) >= 11 is 1.97. The minimum atomic E-state index is 0.570. The molecule has 1 aliphatic heterocycles. The maximum atomic E-state index is 5.66. The van der Waals surface area contributed by atoms with Crippen LogP contribution in [0.1, 0.15) is 31.7 Å². The molecule has 1 fully saturated rings. The van der Waals surface area contributed by atoms with Crippen LogP contribution in [-0.4, -0.2) is 31.6 Å². The van der Waals surface area contributed by atoms with E-state index in [9.17, 15) is 0 Å². The molecule has 1 aliphatic rings. The van der Waals surface area contributed by atoms with Gasteiger partial charge in [0, 0.05) is 23.3 Å². The highest BCUT2D eigenvalue weighted by Crippen LogP contribution is 2.25. The van der Waals surface area contributed by atoms with Gasteiger partial charge in [0.2, 0.25) is 0 Å². The van der Waals surface area contributed by atoms with Crippen LogP contribution in [0.15, 0.2) is 29.2 Å². The van der Waals surface area contributed by atoms with Crippen LogP contribution in [-0.2, 0) is 4.74 Å². The molecule has 1 aromatic carbocycles. The molecular weight excluding hydrogens is 266 g/mol. The molecule has 1 heterocycles. The van der Waals surface area contributed by atoms with Crippen molar-refractivity contribution in [1.29, 1.82) is 0 Å². The highest BCUT2D eigenvalue weighted by molar-refractivity contribution is 7.99. The molecule has 112 valence electrons. The highest BCUT2D eigenvalue weighted by Gasteiger charge is 2.23. The van der Waals surface area contributed by atoms with E-state index in [4.69, 9.17) is 4.74 Å². The summed E-state index contributed by atoms with van der Waals surface area (Å²) in [5.41, 5.74) is 1.34. The third kappa shape index (κ3) is 5.12. The molecule has 1 saturated heterocycles. The zero-order chi connectivity index (χ0) is 14.2. The van der Waals surface area contributed by atoms with Crippen molar-refractivity contribution in [2.24, 2.45) is 5.92 Å². The van der Waals surface area contributed by atoms with Gasteiger partial charge in [-0.3, -0.25) is 0 Å². The standard InChI is InChI=1S/C17H27NOS/c1-3-9-18-17(15-7-5-10-19-12-15)13-20-16-8-4-6-14(2)11-16/h4,6,8,11,15,17-18H,3,5,7,9-10,12-13H2,1-2H3. The number of aryl methyl sites for hydroxylation is 1. The van der Waals surface area contributed by atoms with Crippen LogP contribution in [0.3, 0.4) is 0 Å². The minimum Gasteiger partial charge on any atom is -0.381 e. The van der Waals surface area contributed by atoms with Gasteiger partial charge in [0.05, 0.1) is 6.61 Å². The van der Waals surface area contributed by atoms with Gasteiger partial charge in [-0.15, -0.1) is 11.8 Å². The molecule has 2 unspecified atom stereocenters. The van der Waals surface area contributed by atoms with Crippen molar-refractivity contribution < 1.29 is 4.74 Å². The molecular formula is C17H27NOS. The second-order valence-corrected chi connectivity index (χ2v) is 6.76. The highest BCUT2D eigenvalue weighted by atomic mass is 32.2. The molecule has 2 rings (SSSR count). The minimum absolute atomic E-state index is 0.570. The molecule has 0 saturated carbocycles. The first kappa shape index (κ1) is 15.9. The van der Waals surface area contributed by atoms with Gasteiger partial charge in [-0.1, -0.05) is 24.6 Å². The Balaban J connectivity index is 1.89. The summed E-state index contributed by atoms with van der Waals surface area (Å²) in [6, 6.07) is 9.37. The Morgan fingerprint density at radius 1 is 1.45 bits per heavy atom. The number of ether oxygens (including phenoxy) is 1. The lowest BCUT2D eigenvalue weighted by Gasteiger charge is -2.31. The monoisotopic (exact) mass is 293 g/mol. The van der Waals surface area contributed by atoms with Crippen LogP contribution in [0.25, 0.3) is 0 Å². The molecule has 2 nitrogen and oxygen atoms in total. The smallest absolute Gasteiger partial charge is 0.0509 e. The summed E-state index contributed by atoms with van der Waals surface area (Å²) in [5, 5.41) is 3.72. The predicted molar refractivity (Wildman–Crippen MR) is 87.5 cm³/mol. The van der Waals surface area contributed by atoms with Gasteiger partial charge in [0.15, 0.2) is 0 Å². The van der Waals surface area contributed by atoms with E-state index in [2.05, 4.69) is 43.4 Å². The summed E-state index contributed by atoms with van der Waals surface area (Å²) in [7, 11) is 0. The summed E-state index contributed by atoms with van der Waals surface area (Å²) in [6.07, 6.45) is 3.71. The Labute approximate surface area is 127 Å². The number of benzene rings is 1. The maximum Gasteiger partial charge on any atom is 0.0509 e. The molecule has 0 amide bonds. The van der Waals surface area contributed by atoms with Crippen LogP contribution in [0, 0.1) is 12.8 Å². The van der Waals surface area contributed by atoms with Crippen LogP contribution in [0.4, 0.5) is 0 Å².